The van der Waals surface area contributed by atoms with Crippen molar-refractivity contribution >= 4 is 11.9 Å². The first-order valence-corrected chi connectivity index (χ1v) is 20.1. The van der Waals surface area contributed by atoms with Gasteiger partial charge in [-0.2, -0.15) is 0 Å². The van der Waals surface area contributed by atoms with Crippen molar-refractivity contribution in [3.8, 4) is 0 Å². The maximum atomic E-state index is 9.55. The Labute approximate surface area is 281 Å². The zero-order chi connectivity index (χ0) is 32.4. The molecule has 2 heterocycles. The maximum absolute atomic E-state index is 9.55. The Morgan fingerprint density at radius 2 is 0.674 bits per heavy atom. The topological polar surface area (TPSA) is 98.7 Å². The number of hydrogen-bond acceptors (Lipinski definition) is 4. The Morgan fingerprint density at radius 3 is 0.891 bits per heavy atom. The lowest BCUT2D eigenvalue weighted by atomic mass is 9.63. The monoisotopic (exact) mass is 643 g/mol. The Kier molecular flexibility index (Phi) is 17.5. The van der Waals surface area contributed by atoms with E-state index in [4.69, 9.17) is 10.2 Å². The molecule has 6 fully saturated rings. The largest absolute Gasteiger partial charge is 0.478 e. The molecule has 4 saturated carbocycles. The number of carboxylic acids is 2. The zero-order valence-electron chi connectivity index (χ0n) is 29.3. The molecule has 2 aliphatic heterocycles. The fraction of sp³-hybridized carbons (Fsp3) is 0.900. The number of nitrogens with one attached hydrogen (secondary N) is 2. The van der Waals surface area contributed by atoms with Crippen LogP contribution in [0.1, 0.15) is 154 Å². The fourth-order valence-corrected chi connectivity index (χ4v) is 10.9. The number of aliphatic carboxylic acids is 2. The molecule has 6 aliphatic rings. The molecular weight excluding hydrogens is 572 g/mol. The highest BCUT2D eigenvalue weighted by Gasteiger charge is 2.38. The minimum absolute atomic E-state index is 0.558. The van der Waals surface area contributed by atoms with Crippen LogP contribution >= 0.6 is 0 Å². The van der Waals surface area contributed by atoms with Crippen molar-refractivity contribution in [2.45, 2.75) is 154 Å². The van der Waals surface area contributed by atoms with Crippen LogP contribution in [0.4, 0.5) is 0 Å². The molecule has 6 heteroatoms. The molecule has 2 saturated heterocycles. The van der Waals surface area contributed by atoms with E-state index in [1.165, 1.54) is 129 Å². The van der Waals surface area contributed by atoms with E-state index >= 15 is 0 Å². The Morgan fingerprint density at radius 1 is 0.413 bits per heavy atom. The highest BCUT2D eigenvalue weighted by atomic mass is 16.4. The lowest BCUT2D eigenvalue weighted by Gasteiger charge is -2.44. The first-order valence-electron chi connectivity index (χ1n) is 20.1. The van der Waals surface area contributed by atoms with Crippen LogP contribution in [0, 0.1) is 47.3 Å². The molecule has 0 amide bonds. The second kappa shape index (κ2) is 21.5. The lowest BCUT2D eigenvalue weighted by Crippen LogP contribution is -2.41. The summed E-state index contributed by atoms with van der Waals surface area (Å²) in [6.07, 6.45) is 37.7. The van der Waals surface area contributed by atoms with Crippen molar-refractivity contribution in [1.82, 2.24) is 10.6 Å². The molecule has 264 valence electrons. The van der Waals surface area contributed by atoms with Crippen LogP contribution < -0.4 is 10.6 Å². The number of carbonyl (C=O) groups is 2. The van der Waals surface area contributed by atoms with E-state index in [0.29, 0.717) is 12.2 Å². The van der Waals surface area contributed by atoms with Crippen LogP contribution in [-0.2, 0) is 9.59 Å². The molecule has 0 aromatic heterocycles. The van der Waals surface area contributed by atoms with Crippen molar-refractivity contribution in [3.63, 3.8) is 0 Å². The van der Waals surface area contributed by atoms with Crippen LogP contribution in [0.3, 0.4) is 0 Å². The molecule has 4 aliphatic carbocycles. The summed E-state index contributed by atoms with van der Waals surface area (Å²) in [5, 5.41) is 23.0. The summed E-state index contributed by atoms with van der Waals surface area (Å²) in [6, 6.07) is 0. The standard InChI is InChI=1S/2C18H33N.C4H4O4/c2*1-3-8-15(9-4-1)18(16-10-5-2-6-11-16)17-12-7-13-19-14-17;5-3(6)1-2-4(7)8/h2*15-19H,1-14H2;1-2H,(H,5,6)(H,7,8). The number of piperidine rings is 2. The second-order valence-corrected chi connectivity index (χ2v) is 16.0. The first kappa shape index (κ1) is 37.4. The molecule has 2 unspecified atom stereocenters. The Hall–Kier alpha value is -1.40. The summed E-state index contributed by atoms with van der Waals surface area (Å²) in [5.41, 5.74) is 0. The van der Waals surface area contributed by atoms with Crippen molar-refractivity contribution in [1.29, 1.82) is 0 Å². The predicted molar refractivity (Wildman–Crippen MR) is 189 cm³/mol. The van der Waals surface area contributed by atoms with Crippen molar-refractivity contribution in [2.24, 2.45) is 47.3 Å². The van der Waals surface area contributed by atoms with Crippen LogP contribution in [0.25, 0.3) is 0 Å². The summed E-state index contributed by atoms with van der Waals surface area (Å²) in [5.74, 6) is 6.01. The molecule has 0 bridgehead atoms. The Bertz CT molecular complexity index is 701. The van der Waals surface area contributed by atoms with E-state index in [2.05, 4.69) is 10.6 Å². The number of hydrogen-bond donors (Lipinski definition) is 4. The number of carboxylic acid groups (broad SMARTS) is 2. The van der Waals surface area contributed by atoms with Gasteiger partial charge in [-0.3, -0.25) is 0 Å². The van der Waals surface area contributed by atoms with Crippen LogP contribution in [0.5, 0.6) is 0 Å². The van der Waals surface area contributed by atoms with Gasteiger partial charge in [-0.05, 0) is 99.2 Å². The van der Waals surface area contributed by atoms with Crippen molar-refractivity contribution in [3.05, 3.63) is 12.2 Å². The third-order valence-electron chi connectivity index (χ3n) is 12.9. The van der Waals surface area contributed by atoms with Crippen molar-refractivity contribution < 1.29 is 19.8 Å². The van der Waals surface area contributed by atoms with Gasteiger partial charge in [0.1, 0.15) is 0 Å². The molecule has 46 heavy (non-hydrogen) atoms. The SMILES string of the molecule is C1CCC(C(C2CCCCC2)C2CCCNC2)CC1.C1CCC(C(C2CCCCC2)C2CCCNC2)CC1.O=C(O)C=CC(=O)O. The molecule has 0 aromatic rings. The van der Waals surface area contributed by atoms with Gasteiger partial charge in [-0.15, -0.1) is 0 Å². The molecule has 0 aromatic carbocycles. The normalized spacial score (nSPS) is 27.9. The predicted octanol–water partition coefficient (Wildman–Crippen LogP) is 9.24. The first-order chi connectivity index (χ1) is 22.5. The van der Waals surface area contributed by atoms with E-state index in [9.17, 15) is 9.59 Å². The molecule has 0 radical (unpaired) electrons. The summed E-state index contributed by atoms with van der Waals surface area (Å²) in [7, 11) is 0. The summed E-state index contributed by atoms with van der Waals surface area (Å²) in [4.78, 5) is 19.1. The highest BCUT2D eigenvalue weighted by Crippen LogP contribution is 2.46. The van der Waals surface area contributed by atoms with E-state index in [1.807, 2.05) is 0 Å². The van der Waals surface area contributed by atoms with Crippen LogP contribution in [0.2, 0.25) is 0 Å². The summed E-state index contributed by atoms with van der Waals surface area (Å²) in [6.45, 7) is 5.21. The van der Waals surface area contributed by atoms with E-state index in [0.717, 1.165) is 47.3 Å². The van der Waals surface area contributed by atoms with Gasteiger partial charge >= 0.3 is 11.9 Å². The average Bonchev–Trinajstić information content (AvgIpc) is 3.11. The van der Waals surface area contributed by atoms with Gasteiger partial charge in [0.15, 0.2) is 0 Å². The van der Waals surface area contributed by atoms with E-state index in [1.54, 1.807) is 51.4 Å². The molecule has 6 rings (SSSR count). The van der Waals surface area contributed by atoms with Gasteiger partial charge in [0.25, 0.3) is 0 Å². The van der Waals surface area contributed by atoms with Gasteiger partial charge in [0.05, 0.1) is 0 Å². The summed E-state index contributed by atoms with van der Waals surface area (Å²) >= 11 is 0. The third-order valence-corrected chi connectivity index (χ3v) is 12.9. The zero-order valence-corrected chi connectivity index (χ0v) is 29.3. The molecule has 6 nitrogen and oxygen atoms in total. The minimum atomic E-state index is -1.26. The third kappa shape index (κ3) is 12.9. The van der Waals surface area contributed by atoms with Crippen molar-refractivity contribution in [2.75, 3.05) is 26.2 Å². The smallest absolute Gasteiger partial charge is 0.328 e. The minimum Gasteiger partial charge on any atom is -0.478 e. The molecular formula is C40H70N2O4. The van der Waals surface area contributed by atoms with Gasteiger partial charge in [-0.1, -0.05) is 128 Å². The summed E-state index contributed by atoms with van der Waals surface area (Å²) < 4.78 is 0. The second-order valence-electron chi connectivity index (χ2n) is 16.0. The van der Waals surface area contributed by atoms with Gasteiger partial charge in [0, 0.05) is 12.2 Å². The number of rotatable bonds is 8. The van der Waals surface area contributed by atoms with Crippen LogP contribution in [-0.4, -0.2) is 48.3 Å². The molecule has 4 N–H and O–H groups in total. The van der Waals surface area contributed by atoms with Gasteiger partial charge in [0.2, 0.25) is 0 Å². The maximum Gasteiger partial charge on any atom is 0.328 e. The highest BCUT2D eigenvalue weighted by molar-refractivity contribution is 5.89. The van der Waals surface area contributed by atoms with Gasteiger partial charge < -0.3 is 20.8 Å². The fourth-order valence-electron chi connectivity index (χ4n) is 10.9. The van der Waals surface area contributed by atoms with E-state index in [-0.39, 0.29) is 0 Å². The van der Waals surface area contributed by atoms with Crippen LogP contribution in [0.15, 0.2) is 12.2 Å². The lowest BCUT2D eigenvalue weighted by molar-refractivity contribution is -0.134. The van der Waals surface area contributed by atoms with Gasteiger partial charge in [-0.25, -0.2) is 9.59 Å². The Balaban J connectivity index is 0.000000170. The molecule has 0 spiro atoms. The molecule has 2 atom stereocenters. The van der Waals surface area contributed by atoms with E-state index < -0.39 is 11.9 Å². The average molecular weight is 643 g/mol. The quantitative estimate of drug-likeness (QED) is 0.197.